The Kier molecular flexibility index (Phi) is 4.98. The Morgan fingerprint density at radius 1 is 1.33 bits per heavy atom. The van der Waals surface area contributed by atoms with Gasteiger partial charge in [-0.25, -0.2) is 0 Å². The van der Waals surface area contributed by atoms with Gasteiger partial charge in [0.15, 0.2) is 0 Å². The molecule has 0 radical (unpaired) electrons. The molecular formula is HO4PSn+2. The molecule has 6 heteroatoms. The Labute approximate surface area is 52.9 Å². The van der Waals surface area contributed by atoms with Crippen molar-refractivity contribution in [2.75, 3.05) is 0 Å². The van der Waals surface area contributed by atoms with Crippen molar-refractivity contribution in [3.63, 3.8) is 0 Å². The molecule has 0 aliphatic rings. The summed E-state index contributed by atoms with van der Waals surface area (Å²) in [5, 5.41) is 0. The summed E-state index contributed by atoms with van der Waals surface area (Å²) in [6.45, 7) is 0. The Bertz CT molecular complexity index is 57.8. The van der Waals surface area contributed by atoms with Crippen LogP contribution in [-0.4, -0.2) is 23.9 Å². The van der Waals surface area contributed by atoms with Crippen LogP contribution >= 0.6 is 7.82 Å². The van der Waals surface area contributed by atoms with Gasteiger partial charge in [0, 0.05) is 0 Å². The second-order valence-electron chi connectivity index (χ2n) is 0.447. The normalized spacial score (nSPS) is 9.83. The van der Waals surface area contributed by atoms with Crippen molar-refractivity contribution in [1.82, 2.24) is 0 Å². The van der Waals surface area contributed by atoms with E-state index in [1.165, 1.54) is 0 Å². The summed E-state index contributed by atoms with van der Waals surface area (Å²) in [6.07, 6.45) is 0. The molecule has 0 spiro atoms. The molecule has 0 saturated heterocycles. The summed E-state index contributed by atoms with van der Waals surface area (Å²) in [5.74, 6) is 0. The molecule has 32 valence electrons. The summed E-state index contributed by atoms with van der Waals surface area (Å²) in [4.78, 5) is 25.6. The largest absolute Gasteiger partial charge is 4.00 e. The predicted molar refractivity (Wildman–Crippen MR) is 14.5 cm³/mol. The molecule has 0 heterocycles. The minimum absolute atomic E-state index is 0. The van der Waals surface area contributed by atoms with Gasteiger partial charge in [0.2, 0.25) is 0 Å². The van der Waals surface area contributed by atoms with Crippen LogP contribution < -0.4 is 14.7 Å². The third-order valence-corrected chi connectivity index (χ3v) is 0. The Morgan fingerprint density at radius 2 is 1.33 bits per heavy atom. The maximum absolute atomic E-state index is 8.55. The Balaban J connectivity index is -0.0000000800. The van der Waals surface area contributed by atoms with Crippen LogP contribution in [0.5, 0.6) is 0 Å². The molecule has 0 unspecified atom stereocenters. The SMILES string of the molecule is O=P([O-])([O-])[O-].[H+].[Sn+4]. The summed E-state index contributed by atoms with van der Waals surface area (Å²) in [5.41, 5.74) is 0. The van der Waals surface area contributed by atoms with Gasteiger partial charge >= 0.3 is 25.3 Å². The molecule has 0 saturated carbocycles. The number of rotatable bonds is 0. The molecule has 0 atom stereocenters. The molecule has 0 aliphatic carbocycles. The summed E-state index contributed by atoms with van der Waals surface area (Å²) in [7, 11) is -5.39. The molecule has 0 fully saturated rings. The average Bonchev–Trinajstić information content (AvgIpc) is 0.722. The van der Waals surface area contributed by atoms with E-state index in [1.54, 1.807) is 0 Å². The topological polar surface area (TPSA) is 86.2 Å². The van der Waals surface area contributed by atoms with E-state index >= 15 is 0 Å². The van der Waals surface area contributed by atoms with Crippen molar-refractivity contribution in [2.45, 2.75) is 0 Å². The van der Waals surface area contributed by atoms with Gasteiger partial charge in [-0.05, 0) is 0 Å². The maximum atomic E-state index is 8.55. The van der Waals surface area contributed by atoms with Crippen LogP contribution in [0, 0.1) is 0 Å². The molecule has 0 amide bonds. The molecule has 0 aliphatic heterocycles. The Morgan fingerprint density at radius 3 is 1.33 bits per heavy atom. The fourth-order valence-electron chi connectivity index (χ4n) is 0. The smallest absolute Gasteiger partial charge is 0.822 e. The monoisotopic (exact) mass is 216 g/mol. The zero-order chi connectivity index (χ0) is 4.50. The average molecular weight is 215 g/mol. The molecule has 0 aromatic rings. The van der Waals surface area contributed by atoms with Gasteiger partial charge in [-0.3, -0.25) is 0 Å². The van der Waals surface area contributed by atoms with E-state index in [4.69, 9.17) is 19.2 Å². The second-order valence-corrected chi connectivity index (χ2v) is 1.34. The van der Waals surface area contributed by atoms with Crippen LogP contribution in [-0.2, 0) is 4.57 Å². The predicted octanol–water partition coefficient (Wildman–Crippen LogP) is -3.09. The number of phosphoric acid groups is 1. The van der Waals surface area contributed by atoms with Crippen LogP contribution in [0.4, 0.5) is 0 Å². The fourth-order valence-corrected chi connectivity index (χ4v) is 0. The van der Waals surface area contributed by atoms with Gasteiger partial charge in [-0.15, -0.1) is 0 Å². The Hall–Kier alpha value is 0.909. The molecule has 0 N–H and O–H groups in total. The van der Waals surface area contributed by atoms with E-state index in [1.807, 2.05) is 0 Å². The first kappa shape index (κ1) is 10.0. The van der Waals surface area contributed by atoms with E-state index in [-0.39, 0.29) is 25.3 Å². The zero-order valence-corrected chi connectivity index (χ0v) is 6.33. The van der Waals surface area contributed by atoms with E-state index in [2.05, 4.69) is 0 Å². The number of hydrogen-bond donors (Lipinski definition) is 0. The molecule has 4 nitrogen and oxygen atoms in total. The van der Waals surface area contributed by atoms with Crippen LogP contribution in [0.25, 0.3) is 0 Å². The first-order valence-corrected chi connectivity index (χ1v) is 2.19. The van der Waals surface area contributed by atoms with Gasteiger partial charge in [-0.1, -0.05) is 0 Å². The van der Waals surface area contributed by atoms with E-state index in [9.17, 15) is 0 Å². The summed E-state index contributed by atoms with van der Waals surface area (Å²) in [6, 6.07) is 0. The van der Waals surface area contributed by atoms with Gasteiger partial charge in [0.1, 0.15) is 0 Å². The van der Waals surface area contributed by atoms with Crippen molar-refractivity contribution >= 4 is 31.7 Å². The van der Waals surface area contributed by atoms with Crippen molar-refractivity contribution in [2.24, 2.45) is 0 Å². The fraction of sp³-hybridized carbons (Fsp3) is 0. The first-order chi connectivity index (χ1) is 2.00. The van der Waals surface area contributed by atoms with Crippen LogP contribution in [0.2, 0.25) is 0 Å². The molecule has 0 bridgehead atoms. The first-order valence-electron chi connectivity index (χ1n) is 0.730. The molecule has 0 rings (SSSR count). The van der Waals surface area contributed by atoms with Gasteiger partial charge in [0.25, 0.3) is 0 Å². The van der Waals surface area contributed by atoms with Gasteiger partial charge in [-0.2, -0.15) is 7.82 Å². The van der Waals surface area contributed by atoms with Crippen LogP contribution in [0.1, 0.15) is 1.43 Å². The van der Waals surface area contributed by atoms with Crippen molar-refractivity contribution < 1.29 is 20.7 Å². The molecule has 6 heavy (non-hydrogen) atoms. The second kappa shape index (κ2) is 2.98. The van der Waals surface area contributed by atoms with Crippen molar-refractivity contribution in [3.05, 3.63) is 0 Å². The van der Waals surface area contributed by atoms with Crippen LogP contribution in [0.3, 0.4) is 0 Å². The minimum atomic E-state index is -5.39. The molecular weight excluding hydrogens is 214 g/mol. The van der Waals surface area contributed by atoms with E-state index < -0.39 is 7.82 Å². The van der Waals surface area contributed by atoms with Crippen LogP contribution in [0.15, 0.2) is 0 Å². The zero-order valence-electron chi connectivity index (χ0n) is 3.58. The third-order valence-electron chi connectivity index (χ3n) is 0. The molecule has 0 aromatic carbocycles. The van der Waals surface area contributed by atoms with E-state index in [0.29, 0.717) is 0 Å². The van der Waals surface area contributed by atoms with Gasteiger partial charge in [0.05, 0.1) is 0 Å². The van der Waals surface area contributed by atoms with E-state index in [0.717, 1.165) is 0 Å². The van der Waals surface area contributed by atoms with Crippen molar-refractivity contribution in [3.8, 4) is 0 Å². The standard InChI is InChI=1S/H3O4P.Sn/c1-5(2,3)4;/h(H3,1,2,3,4);/q;+4/p-2. The van der Waals surface area contributed by atoms with Gasteiger partial charge < -0.3 is 19.2 Å². The number of hydrogen-bond acceptors (Lipinski definition) is 4. The van der Waals surface area contributed by atoms with Crippen molar-refractivity contribution in [1.29, 1.82) is 0 Å². The summed E-state index contributed by atoms with van der Waals surface area (Å²) < 4.78 is 8.55. The maximum Gasteiger partial charge on any atom is 4.00 e. The third kappa shape index (κ3) is 90.8. The minimum Gasteiger partial charge on any atom is -0.822 e. The summed E-state index contributed by atoms with van der Waals surface area (Å²) >= 11 is 0. The molecule has 0 aromatic heterocycles. The quantitative estimate of drug-likeness (QED) is 0.316.